The molecule has 0 bridgehead atoms. The highest BCUT2D eigenvalue weighted by Gasteiger charge is 2.44. The summed E-state index contributed by atoms with van der Waals surface area (Å²) in [6, 6.07) is 20.2. The molecule has 0 spiro atoms. The lowest BCUT2D eigenvalue weighted by Crippen LogP contribution is -2.53. The van der Waals surface area contributed by atoms with Gasteiger partial charge in [0.1, 0.15) is 11.7 Å². The van der Waals surface area contributed by atoms with Crippen molar-refractivity contribution in [3.63, 3.8) is 0 Å². The number of rotatable bonds is 39. The third kappa shape index (κ3) is 26.2. The summed E-state index contributed by atoms with van der Waals surface area (Å²) in [5.74, 6) is -0.236. The predicted molar refractivity (Wildman–Crippen MR) is 237 cm³/mol. The molecule has 7 heteroatoms. The van der Waals surface area contributed by atoms with E-state index in [-0.39, 0.29) is 12.6 Å². The fourth-order valence-corrected chi connectivity index (χ4v) is 8.15. The van der Waals surface area contributed by atoms with Crippen LogP contribution in [0.25, 0.3) is 0 Å². The van der Waals surface area contributed by atoms with Gasteiger partial charge < -0.3 is 23.8 Å². The van der Waals surface area contributed by atoms with Crippen molar-refractivity contribution in [1.29, 1.82) is 0 Å². The van der Waals surface area contributed by atoms with Gasteiger partial charge in [0.15, 0.2) is 0 Å². The Labute approximate surface area is 345 Å². The molecule has 1 atom stereocenters. The zero-order valence-corrected chi connectivity index (χ0v) is 36.8. The van der Waals surface area contributed by atoms with Crippen LogP contribution in [-0.2, 0) is 31.6 Å². The lowest BCUT2D eigenvalue weighted by molar-refractivity contribution is -0.184. The summed E-state index contributed by atoms with van der Waals surface area (Å²) < 4.78 is 18.7. The summed E-state index contributed by atoms with van der Waals surface area (Å²) >= 11 is 0. The van der Waals surface area contributed by atoms with Gasteiger partial charge in [-0.1, -0.05) is 235 Å². The van der Waals surface area contributed by atoms with E-state index in [1.165, 1.54) is 141 Å². The van der Waals surface area contributed by atoms with Crippen LogP contribution in [0.15, 0.2) is 60.7 Å². The van der Waals surface area contributed by atoms with E-state index < -0.39 is 20.3 Å². The van der Waals surface area contributed by atoms with Gasteiger partial charge in [0.25, 0.3) is 0 Å². The second-order valence-electron chi connectivity index (χ2n) is 16.4. The molecule has 0 aliphatic rings. The first-order chi connectivity index (χ1) is 27.5. The Kier molecular flexibility index (Phi) is 31.6. The minimum absolute atomic E-state index is 0.0804. The molecule has 0 unspecified atom stereocenters. The molecule has 2 aromatic carbocycles. The van der Waals surface area contributed by atoms with Gasteiger partial charge in [-0.15, -0.1) is 0 Å². The van der Waals surface area contributed by atoms with E-state index in [0.717, 1.165) is 43.2 Å². The SMILES string of the molecule is CCCCCCCCCCCCCCCCO[C@@H](COP(O)O)C(Cc1ccccc1)(Cc1ccccc1)OC(=O)CCCCCCCCCCCCCCC. The smallest absolute Gasteiger partial charge is 0.327 e. The van der Waals surface area contributed by atoms with Crippen molar-refractivity contribution in [2.75, 3.05) is 13.2 Å². The van der Waals surface area contributed by atoms with Crippen LogP contribution in [-0.4, -0.2) is 40.7 Å². The van der Waals surface area contributed by atoms with E-state index in [1.807, 2.05) is 36.4 Å². The molecular formula is C49H83O6P. The highest BCUT2D eigenvalue weighted by Crippen LogP contribution is 2.34. The molecule has 0 aliphatic heterocycles. The van der Waals surface area contributed by atoms with Gasteiger partial charge in [0.05, 0.1) is 6.61 Å². The van der Waals surface area contributed by atoms with Crippen molar-refractivity contribution in [2.45, 2.75) is 218 Å². The number of benzene rings is 2. The molecule has 0 radical (unpaired) electrons. The molecule has 0 aromatic heterocycles. The second kappa shape index (κ2) is 35.2. The topological polar surface area (TPSA) is 85.2 Å². The van der Waals surface area contributed by atoms with Gasteiger partial charge in [-0.2, -0.15) is 0 Å². The fraction of sp³-hybridized carbons (Fsp3) is 0.735. The first-order valence-electron chi connectivity index (χ1n) is 23.2. The predicted octanol–water partition coefficient (Wildman–Crippen LogP) is 14.3. The maximum atomic E-state index is 13.8. The van der Waals surface area contributed by atoms with Gasteiger partial charge in [-0.25, -0.2) is 0 Å². The van der Waals surface area contributed by atoms with E-state index >= 15 is 0 Å². The van der Waals surface area contributed by atoms with Crippen LogP contribution in [0.2, 0.25) is 0 Å². The lowest BCUT2D eigenvalue weighted by Gasteiger charge is -2.40. The van der Waals surface area contributed by atoms with Crippen molar-refractivity contribution >= 4 is 14.6 Å². The summed E-state index contributed by atoms with van der Waals surface area (Å²) in [4.78, 5) is 33.5. The standard InChI is InChI=1S/C49H83O6P/c1-3-5-7-9-11-13-15-17-19-21-23-25-27-35-41-53-47(44-54-56(51)52)49(42-45-36-30-28-31-37-45,43-46-38-32-29-33-39-46)55-48(50)40-34-26-24-22-20-18-16-14-12-10-8-6-4-2/h28-33,36-39,47,51-52H,3-27,34-35,40-44H2,1-2H3/t47-/m0/s1. The quantitative estimate of drug-likeness (QED) is 0.0398. The van der Waals surface area contributed by atoms with Crippen molar-refractivity contribution in [2.24, 2.45) is 0 Å². The molecular weight excluding hydrogens is 716 g/mol. The molecule has 0 fully saturated rings. The first kappa shape index (κ1) is 50.3. The van der Waals surface area contributed by atoms with Crippen molar-refractivity contribution in [3.8, 4) is 0 Å². The van der Waals surface area contributed by atoms with Gasteiger partial charge in [0, 0.05) is 25.9 Å². The van der Waals surface area contributed by atoms with Crippen LogP contribution in [0.4, 0.5) is 0 Å². The molecule has 320 valence electrons. The zero-order valence-electron chi connectivity index (χ0n) is 36.0. The van der Waals surface area contributed by atoms with E-state index in [2.05, 4.69) is 38.1 Å². The lowest BCUT2D eigenvalue weighted by atomic mass is 9.83. The van der Waals surface area contributed by atoms with E-state index in [9.17, 15) is 14.6 Å². The average Bonchev–Trinajstić information content (AvgIpc) is 3.19. The van der Waals surface area contributed by atoms with Crippen molar-refractivity contribution in [1.82, 2.24) is 0 Å². The number of carbonyl (C=O) groups excluding carboxylic acids is 1. The van der Waals surface area contributed by atoms with Crippen LogP contribution in [0, 0.1) is 0 Å². The molecule has 56 heavy (non-hydrogen) atoms. The number of esters is 1. The first-order valence-corrected chi connectivity index (χ1v) is 24.4. The minimum atomic E-state index is -2.60. The minimum Gasteiger partial charge on any atom is -0.455 e. The maximum Gasteiger partial charge on any atom is 0.327 e. The number of hydrogen-bond acceptors (Lipinski definition) is 6. The van der Waals surface area contributed by atoms with Crippen molar-refractivity contribution in [3.05, 3.63) is 71.8 Å². The van der Waals surface area contributed by atoms with Crippen LogP contribution in [0.3, 0.4) is 0 Å². The number of unbranched alkanes of at least 4 members (excludes halogenated alkanes) is 25. The highest BCUT2D eigenvalue weighted by atomic mass is 31.2. The van der Waals surface area contributed by atoms with Gasteiger partial charge in [-0.05, 0) is 24.0 Å². The molecule has 6 nitrogen and oxygen atoms in total. The summed E-state index contributed by atoms with van der Waals surface area (Å²) in [6.45, 7) is 4.95. The van der Waals surface area contributed by atoms with Gasteiger partial charge in [0.2, 0.25) is 0 Å². The molecule has 0 heterocycles. The molecule has 2 rings (SSSR count). The van der Waals surface area contributed by atoms with Crippen LogP contribution < -0.4 is 0 Å². The molecule has 2 N–H and O–H groups in total. The zero-order chi connectivity index (χ0) is 40.2. The van der Waals surface area contributed by atoms with Gasteiger partial charge in [-0.3, -0.25) is 4.79 Å². The van der Waals surface area contributed by atoms with Crippen LogP contribution >= 0.6 is 8.60 Å². The average molecular weight is 799 g/mol. The fourth-order valence-electron chi connectivity index (χ4n) is 7.88. The summed E-state index contributed by atoms with van der Waals surface area (Å²) in [6.07, 6.45) is 34.7. The Morgan fingerprint density at radius 1 is 0.536 bits per heavy atom. The largest absolute Gasteiger partial charge is 0.455 e. The Balaban J connectivity index is 1.96. The second-order valence-corrected chi connectivity index (χ2v) is 17.1. The number of carbonyl (C=O) groups is 1. The van der Waals surface area contributed by atoms with Crippen LogP contribution in [0.5, 0.6) is 0 Å². The van der Waals surface area contributed by atoms with E-state index in [0.29, 0.717) is 25.9 Å². The Bertz CT molecular complexity index is 1100. The Morgan fingerprint density at radius 2 is 0.893 bits per heavy atom. The van der Waals surface area contributed by atoms with Gasteiger partial charge >= 0.3 is 14.6 Å². The summed E-state index contributed by atoms with van der Waals surface area (Å²) in [5.41, 5.74) is 0.951. The Morgan fingerprint density at radius 3 is 1.27 bits per heavy atom. The summed E-state index contributed by atoms with van der Waals surface area (Å²) in [7, 11) is -2.60. The Hall–Kier alpha value is -1.82. The molecule has 0 aliphatic carbocycles. The monoisotopic (exact) mass is 799 g/mol. The van der Waals surface area contributed by atoms with Crippen molar-refractivity contribution < 1.29 is 28.6 Å². The van der Waals surface area contributed by atoms with Crippen LogP contribution in [0.1, 0.15) is 205 Å². The molecule has 2 aromatic rings. The van der Waals surface area contributed by atoms with E-state index in [4.69, 9.17) is 14.0 Å². The molecule has 0 amide bonds. The maximum absolute atomic E-state index is 13.8. The third-order valence-electron chi connectivity index (χ3n) is 11.2. The summed E-state index contributed by atoms with van der Waals surface area (Å²) in [5, 5.41) is 0. The molecule has 0 saturated carbocycles. The van der Waals surface area contributed by atoms with E-state index in [1.54, 1.807) is 0 Å². The number of hydrogen-bond donors (Lipinski definition) is 2. The number of ether oxygens (including phenoxy) is 2. The normalized spacial score (nSPS) is 12.4. The third-order valence-corrected chi connectivity index (χ3v) is 11.6. The highest BCUT2D eigenvalue weighted by molar-refractivity contribution is 7.39. The molecule has 0 saturated heterocycles.